The number of hydrogen-bond donors (Lipinski definition) is 2. The number of anilines is 1. The molecule has 148 valence electrons. The second kappa shape index (κ2) is 8.33. The van der Waals surface area contributed by atoms with E-state index >= 15 is 0 Å². The van der Waals surface area contributed by atoms with Crippen molar-refractivity contribution in [2.45, 2.75) is 19.4 Å². The quantitative estimate of drug-likeness (QED) is 0.631. The van der Waals surface area contributed by atoms with Crippen molar-refractivity contribution in [1.82, 2.24) is 14.9 Å². The Bertz CT molecular complexity index is 1200. The first kappa shape index (κ1) is 20.4. The van der Waals surface area contributed by atoms with Crippen LogP contribution in [-0.2, 0) is 18.3 Å². The van der Waals surface area contributed by atoms with Crippen LogP contribution < -0.4 is 16.2 Å². The summed E-state index contributed by atoms with van der Waals surface area (Å²) in [4.78, 5) is 28.2. The summed E-state index contributed by atoms with van der Waals surface area (Å²) in [5.74, 6) is -0.180. The summed E-state index contributed by atoms with van der Waals surface area (Å²) >= 11 is 6.04. The summed E-state index contributed by atoms with van der Waals surface area (Å²) in [6, 6.07) is 10.5. The van der Waals surface area contributed by atoms with Crippen molar-refractivity contribution >= 4 is 34.1 Å². The molecule has 2 N–H and O–H groups in total. The number of halogens is 1. The first-order chi connectivity index (χ1) is 13.8. The summed E-state index contributed by atoms with van der Waals surface area (Å²) < 4.78 is 1.55. The van der Waals surface area contributed by atoms with E-state index in [-0.39, 0.29) is 16.6 Å². The van der Waals surface area contributed by atoms with E-state index in [0.717, 1.165) is 22.0 Å². The summed E-state index contributed by atoms with van der Waals surface area (Å²) in [5, 5.41) is 16.1. The second-order valence-electron chi connectivity index (χ2n) is 6.71. The van der Waals surface area contributed by atoms with Crippen LogP contribution in [0.5, 0.6) is 0 Å². The van der Waals surface area contributed by atoms with Gasteiger partial charge in [0.1, 0.15) is 17.3 Å². The molecular formula is C21H20ClN5O2. The van der Waals surface area contributed by atoms with Crippen LogP contribution in [0.2, 0.25) is 5.15 Å². The highest BCUT2D eigenvalue weighted by Gasteiger charge is 2.15. The standard InChI is InChI=1S/C21H20ClN5O2/c1-12(21(29)24-2)26-17-10-19(28)27(3)18-5-4-13(9-15(17)18)8-14-6-7-25-20(22)16(14)11-23/h4-7,9-10,12,26H,8H2,1-3H3,(H,24,29)/t12-/m1/s1. The van der Waals surface area contributed by atoms with Gasteiger partial charge in [0, 0.05) is 37.4 Å². The third-order valence-corrected chi connectivity index (χ3v) is 5.11. The predicted octanol–water partition coefficient (Wildman–Crippen LogP) is 2.60. The third-order valence-electron chi connectivity index (χ3n) is 4.82. The summed E-state index contributed by atoms with van der Waals surface area (Å²) in [6.45, 7) is 1.73. The van der Waals surface area contributed by atoms with E-state index in [9.17, 15) is 14.9 Å². The Labute approximate surface area is 172 Å². The number of hydrogen-bond acceptors (Lipinski definition) is 5. The van der Waals surface area contributed by atoms with Crippen molar-refractivity contribution in [3.8, 4) is 6.07 Å². The minimum atomic E-state index is -0.511. The average Bonchev–Trinajstić information content (AvgIpc) is 2.71. The number of fused-ring (bicyclic) bond motifs is 1. The Morgan fingerprint density at radius 3 is 2.79 bits per heavy atom. The smallest absolute Gasteiger partial charge is 0.252 e. The SMILES string of the molecule is CNC(=O)[C@@H](C)Nc1cc(=O)n(C)c2ccc(Cc3ccnc(Cl)c3C#N)cc12. The molecule has 0 aliphatic carbocycles. The molecule has 0 saturated heterocycles. The Balaban J connectivity index is 2.09. The zero-order chi connectivity index (χ0) is 21.1. The van der Waals surface area contributed by atoms with Gasteiger partial charge in [-0.3, -0.25) is 9.59 Å². The van der Waals surface area contributed by atoms with Gasteiger partial charge < -0.3 is 15.2 Å². The zero-order valence-electron chi connectivity index (χ0n) is 16.3. The van der Waals surface area contributed by atoms with Crippen molar-refractivity contribution in [2.75, 3.05) is 12.4 Å². The highest BCUT2D eigenvalue weighted by molar-refractivity contribution is 6.30. The molecule has 1 atom stereocenters. The largest absolute Gasteiger partial charge is 0.373 e. The van der Waals surface area contributed by atoms with Gasteiger partial charge >= 0.3 is 0 Å². The minimum Gasteiger partial charge on any atom is -0.373 e. The first-order valence-corrected chi connectivity index (χ1v) is 9.37. The maximum Gasteiger partial charge on any atom is 0.252 e. The Hall–Kier alpha value is -3.37. The molecule has 0 saturated carbocycles. The molecule has 0 fully saturated rings. The predicted molar refractivity (Wildman–Crippen MR) is 113 cm³/mol. The lowest BCUT2D eigenvalue weighted by Gasteiger charge is -2.17. The molecule has 0 unspecified atom stereocenters. The molecule has 1 aromatic carbocycles. The Kier molecular flexibility index (Phi) is 5.85. The van der Waals surface area contributed by atoms with Crippen molar-refractivity contribution in [3.05, 3.63) is 68.7 Å². The van der Waals surface area contributed by atoms with Crippen molar-refractivity contribution in [1.29, 1.82) is 5.26 Å². The van der Waals surface area contributed by atoms with Crippen LogP contribution in [0.25, 0.3) is 10.9 Å². The molecule has 3 rings (SSSR count). The molecule has 0 aliphatic heterocycles. The number of nitriles is 1. The van der Waals surface area contributed by atoms with E-state index in [2.05, 4.69) is 21.7 Å². The fraction of sp³-hybridized carbons (Fsp3) is 0.238. The monoisotopic (exact) mass is 409 g/mol. The summed E-state index contributed by atoms with van der Waals surface area (Å²) in [6.07, 6.45) is 2.05. The number of likely N-dealkylation sites (N-methyl/N-ethyl adjacent to an activating group) is 1. The molecule has 7 nitrogen and oxygen atoms in total. The lowest BCUT2D eigenvalue weighted by molar-refractivity contribution is -0.121. The molecule has 1 amide bonds. The molecular weight excluding hydrogens is 390 g/mol. The third kappa shape index (κ3) is 4.08. The van der Waals surface area contributed by atoms with Gasteiger partial charge in [-0.15, -0.1) is 0 Å². The molecule has 0 radical (unpaired) electrons. The van der Waals surface area contributed by atoms with Gasteiger partial charge in [-0.2, -0.15) is 5.26 Å². The van der Waals surface area contributed by atoms with Gasteiger partial charge in [0.25, 0.3) is 5.56 Å². The van der Waals surface area contributed by atoms with Crippen LogP contribution in [0.15, 0.2) is 41.3 Å². The van der Waals surface area contributed by atoms with Crippen LogP contribution in [0, 0.1) is 11.3 Å². The topological polar surface area (TPSA) is 99.8 Å². The molecule has 0 spiro atoms. The highest BCUT2D eigenvalue weighted by Crippen LogP contribution is 2.26. The van der Waals surface area contributed by atoms with Crippen LogP contribution in [0.1, 0.15) is 23.6 Å². The van der Waals surface area contributed by atoms with E-state index in [1.807, 2.05) is 18.2 Å². The van der Waals surface area contributed by atoms with Crippen LogP contribution >= 0.6 is 11.6 Å². The number of rotatable bonds is 5. The molecule has 2 heterocycles. The Morgan fingerprint density at radius 2 is 2.10 bits per heavy atom. The molecule has 2 aromatic heterocycles. The van der Waals surface area contributed by atoms with E-state index < -0.39 is 6.04 Å². The fourth-order valence-corrected chi connectivity index (χ4v) is 3.43. The van der Waals surface area contributed by atoms with Gasteiger partial charge in [0.05, 0.1) is 11.1 Å². The van der Waals surface area contributed by atoms with Gasteiger partial charge in [0.2, 0.25) is 5.91 Å². The number of pyridine rings is 2. The van der Waals surface area contributed by atoms with Crippen LogP contribution in [-0.4, -0.2) is 28.5 Å². The van der Waals surface area contributed by atoms with E-state index in [0.29, 0.717) is 17.7 Å². The van der Waals surface area contributed by atoms with Gasteiger partial charge in [-0.05, 0) is 42.7 Å². The second-order valence-corrected chi connectivity index (χ2v) is 7.07. The highest BCUT2D eigenvalue weighted by atomic mass is 35.5. The van der Waals surface area contributed by atoms with Crippen molar-refractivity contribution in [3.63, 3.8) is 0 Å². The van der Waals surface area contributed by atoms with Gasteiger partial charge in [-0.1, -0.05) is 17.7 Å². The van der Waals surface area contributed by atoms with E-state index in [1.54, 1.807) is 37.8 Å². The molecule has 3 aromatic rings. The van der Waals surface area contributed by atoms with E-state index in [1.165, 1.54) is 6.07 Å². The lowest BCUT2D eigenvalue weighted by Crippen LogP contribution is -2.35. The van der Waals surface area contributed by atoms with Crippen molar-refractivity contribution in [2.24, 2.45) is 7.05 Å². The van der Waals surface area contributed by atoms with Crippen LogP contribution in [0.4, 0.5) is 5.69 Å². The van der Waals surface area contributed by atoms with Gasteiger partial charge in [0.15, 0.2) is 0 Å². The normalized spacial score (nSPS) is 11.7. The molecule has 8 heteroatoms. The number of nitrogens with zero attached hydrogens (tertiary/aromatic N) is 3. The maximum atomic E-state index is 12.3. The van der Waals surface area contributed by atoms with Crippen LogP contribution in [0.3, 0.4) is 0 Å². The fourth-order valence-electron chi connectivity index (χ4n) is 3.21. The number of aryl methyl sites for hydroxylation is 1. The number of aromatic nitrogens is 2. The lowest BCUT2D eigenvalue weighted by atomic mass is 10.00. The van der Waals surface area contributed by atoms with Gasteiger partial charge in [-0.25, -0.2) is 4.98 Å². The van der Waals surface area contributed by atoms with E-state index in [4.69, 9.17) is 11.6 Å². The maximum absolute atomic E-state index is 12.3. The molecule has 29 heavy (non-hydrogen) atoms. The Morgan fingerprint density at radius 1 is 1.34 bits per heavy atom. The molecule has 0 bridgehead atoms. The summed E-state index contributed by atoms with van der Waals surface area (Å²) in [7, 11) is 3.26. The first-order valence-electron chi connectivity index (χ1n) is 9.00. The zero-order valence-corrected chi connectivity index (χ0v) is 17.0. The molecule has 0 aliphatic rings. The number of amides is 1. The number of carbonyl (C=O) groups is 1. The number of nitrogens with one attached hydrogen (secondary N) is 2. The average molecular weight is 410 g/mol. The minimum absolute atomic E-state index is 0.176. The van der Waals surface area contributed by atoms with Crippen molar-refractivity contribution < 1.29 is 4.79 Å². The number of carbonyl (C=O) groups excluding carboxylic acids is 1. The number of benzene rings is 1. The summed E-state index contributed by atoms with van der Waals surface area (Å²) in [5.41, 5.74) is 3.19.